The third-order valence-electron chi connectivity index (χ3n) is 5.19. The number of nitrogens with two attached hydrogens (primary N) is 2. The number of hydrogen-bond acceptors (Lipinski definition) is 9. The number of imidazole rings is 1. The van der Waals surface area contributed by atoms with Crippen molar-refractivity contribution in [1.29, 1.82) is 0 Å². The predicted octanol–water partition coefficient (Wildman–Crippen LogP) is -2.71. The van der Waals surface area contributed by atoms with Gasteiger partial charge in [0.1, 0.15) is 18.1 Å². The van der Waals surface area contributed by atoms with Crippen LogP contribution in [0.4, 0.5) is 0 Å². The number of aromatic nitrogens is 2. The van der Waals surface area contributed by atoms with Gasteiger partial charge in [0.25, 0.3) is 0 Å². The van der Waals surface area contributed by atoms with Crippen molar-refractivity contribution in [3.05, 3.63) is 18.2 Å². The van der Waals surface area contributed by atoms with Gasteiger partial charge in [-0.05, 0) is 25.8 Å². The number of aromatic amines is 1. The summed E-state index contributed by atoms with van der Waals surface area (Å²) in [6.07, 6.45) is 2.10. The quantitative estimate of drug-likeness (QED) is 0.0881. The summed E-state index contributed by atoms with van der Waals surface area (Å²) in [5, 5.41) is 34.1. The Morgan fingerprint density at radius 3 is 2.03 bits per heavy atom. The van der Waals surface area contributed by atoms with Gasteiger partial charge in [-0.25, -0.2) is 9.78 Å². The van der Waals surface area contributed by atoms with Crippen molar-refractivity contribution in [2.75, 3.05) is 6.54 Å². The number of nitrogens with zero attached hydrogens (tertiary/aromatic N) is 1. The fourth-order valence-corrected chi connectivity index (χ4v) is 3.20. The zero-order chi connectivity index (χ0) is 28.0. The van der Waals surface area contributed by atoms with Crippen molar-refractivity contribution < 1.29 is 44.1 Å². The summed E-state index contributed by atoms with van der Waals surface area (Å²) < 4.78 is 0. The summed E-state index contributed by atoms with van der Waals surface area (Å²) in [5.74, 6) is -6.93. The topological polar surface area (TPSA) is 280 Å². The van der Waals surface area contributed by atoms with Crippen molar-refractivity contribution in [2.45, 2.75) is 69.1 Å². The molecule has 0 radical (unpaired) electrons. The third-order valence-corrected chi connectivity index (χ3v) is 5.19. The van der Waals surface area contributed by atoms with Crippen LogP contribution in [0.3, 0.4) is 0 Å². The number of carboxylic acids is 3. The van der Waals surface area contributed by atoms with Gasteiger partial charge < -0.3 is 47.7 Å². The average Bonchev–Trinajstić information content (AvgIpc) is 3.33. The zero-order valence-corrected chi connectivity index (χ0v) is 20.0. The standard InChI is InChI=1S/C21H33N7O9/c22-6-2-1-3-12(23)18(33)27-15(8-17(31)32)20(35)28-14(7-11-9-24-10-25-11)19(34)26-13(21(36)37)4-5-16(29)30/h9-10,12-15H,1-8,22-23H2,(H,24,25)(H,26,34)(H,27,33)(H,28,35)(H,29,30)(H,31,32)(H,36,37). The van der Waals surface area contributed by atoms with E-state index >= 15 is 0 Å². The highest BCUT2D eigenvalue weighted by Gasteiger charge is 2.32. The van der Waals surface area contributed by atoms with Crippen molar-refractivity contribution in [3.63, 3.8) is 0 Å². The molecule has 0 bridgehead atoms. The maximum Gasteiger partial charge on any atom is 0.326 e. The number of nitrogens with one attached hydrogen (secondary N) is 4. The molecule has 1 rings (SSSR count). The molecule has 37 heavy (non-hydrogen) atoms. The summed E-state index contributed by atoms with van der Waals surface area (Å²) in [6.45, 7) is 0.400. The van der Waals surface area contributed by atoms with Crippen LogP contribution in [-0.2, 0) is 35.2 Å². The number of carbonyl (C=O) groups is 6. The number of hydrogen-bond donors (Lipinski definition) is 9. The molecule has 0 aliphatic heterocycles. The molecule has 1 aromatic rings. The van der Waals surface area contributed by atoms with Gasteiger partial charge in [-0.2, -0.15) is 0 Å². The predicted molar refractivity (Wildman–Crippen MR) is 126 cm³/mol. The van der Waals surface area contributed by atoms with Crippen molar-refractivity contribution in [2.24, 2.45) is 11.5 Å². The Morgan fingerprint density at radius 1 is 0.865 bits per heavy atom. The van der Waals surface area contributed by atoms with Crippen LogP contribution in [0.5, 0.6) is 0 Å². The zero-order valence-electron chi connectivity index (χ0n) is 20.0. The molecule has 4 atom stereocenters. The summed E-state index contributed by atoms with van der Waals surface area (Å²) >= 11 is 0. The van der Waals surface area contributed by atoms with E-state index in [1.165, 1.54) is 12.5 Å². The molecule has 0 spiro atoms. The highest BCUT2D eigenvalue weighted by Crippen LogP contribution is 2.05. The van der Waals surface area contributed by atoms with Gasteiger partial charge in [-0.15, -0.1) is 0 Å². The van der Waals surface area contributed by atoms with Gasteiger partial charge in [0.2, 0.25) is 17.7 Å². The third kappa shape index (κ3) is 12.0. The van der Waals surface area contributed by atoms with Crippen LogP contribution in [0.1, 0.15) is 44.2 Å². The lowest BCUT2D eigenvalue weighted by Gasteiger charge is -2.24. The van der Waals surface area contributed by atoms with E-state index in [2.05, 4.69) is 25.9 Å². The summed E-state index contributed by atoms with van der Waals surface area (Å²) in [6, 6.07) is -5.60. The molecule has 0 aliphatic rings. The van der Waals surface area contributed by atoms with E-state index in [0.717, 1.165) is 0 Å². The Labute approximate surface area is 211 Å². The fraction of sp³-hybridized carbons (Fsp3) is 0.571. The van der Waals surface area contributed by atoms with E-state index in [1.807, 2.05) is 0 Å². The van der Waals surface area contributed by atoms with Crippen molar-refractivity contribution >= 4 is 35.6 Å². The first-order valence-corrected chi connectivity index (χ1v) is 11.4. The molecule has 0 fully saturated rings. The molecule has 3 amide bonds. The van der Waals surface area contributed by atoms with E-state index in [9.17, 15) is 39.0 Å². The van der Waals surface area contributed by atoms with Gasteiger partial charge >= 0.3 is 17.9 Å². The molecular weight excluding hydrogens is 494 g/mol. The maximum atomic E-state index is 12.9. The molecule has 206 valence electrons. The molecule has 16 nitrogen and oxygen atoms in total. The molecule has 0 aliphatic carbocycles. The summed E-state index contributed by atoms with van der Waals surface area (Å²) in [5.41, 5.74) is 11.6. The second-order valence-corrected chi connectivity index (χ2v) is 8.22. The molecule has 0 aromatic carbocycles. The lowest BCUT2D eigenvalue weighted by molar-refractivity contribution is -0.144. The highest BCUT2D eigenvalue weighted by molar-refractivity contribution is 5.95. The summed E-state index contributed by atoms with van der Waals surface area (Å²) in [7, 11) is 0. The molecule has 1 heterocycles. The second kappa shape index (κ2) is 15.8. The molecule has 16 heteroatoms. The van der Waals surface area contributed by atoms with Crippen molar-refractivity contribution in [3.8, 4) is 0 Å². The number of amides is 3. The number of carbonyl (C=O) groups excluding carboxylic acids is 3. The molecule has 1 aromatic heterocycles. The van der Waals surface area contributed by atoms with Crippen LogP contribution in [0, 0.1) is 0 Å². The van der Waals surface area contributed by atoms with Crippen LogP contribution in [0.15, 0.2) is 12.5 Å². The molecule has 0 saturated heterocycles. The Kier molecular flexibility index (Phi) is 13.3. The highest BCUT2D eigenvalue weighted by atomic mass is 16.4. The first-order valence-electron chi connectivity index (χ1n) is 11.4. The SMILES string of the molecule is NCCCCC(N)C(=O)NC(CC(=O)O)C(=O)NC(Cc1cnc[nH]1)C(=O)NC(CCC(=O)O)C(=O)O. The normalized spacial score (nSPS) is 14.0. The number of aliphatic carboxylic acids is 3. The van der Waals surface area contributed by atoms with Crippen LogP contribution in [0.2, 0.25) is 0 Å². The Bertz CT molecular complexity index is 939. The maximum absolute atomic E-state index is 12.9. The number of rotatable bonds is 18. The smallest absolute Gasteiger partial charge is 0.326 e. The first kappa shape index (κ1) is 31.0. The lowest BCUT2D eigenvalue weighted by atomic mass is 10.1. The minimum Gasteiger partial charge on any atom is -0.481 e. The molecule has 0 saturated carbocycles. The van der Waals surface area contributed by atoms with Gasteiger partial charge in [-0.1, -0.05) is 6.42 Å². The Morgan fingerprint density at radius 2 is 1.49 bits per heavy atom. The Balaban J connectivity index is 3.02. The van der Waals surface area contributed by atoms with Gasteiger partial charge in [-0.3, -0.25) is 24.0 Å². The number of carboxylic acid groups (broad SMARTS) is 3. The van der Waals surface area contributed by atoms with E-state index in [0.29, 0.717) is 25.1 Å². The second-order valence-electron chi connectivity index (χ2n) is 8.22. The van der Waals surface area contributed by atoms with Crippen LogP contribution in [0.25, 0.3) is 0 Å². The summed E-state index contributed by atoms with van der Waals surface area (Å²) in [4.78, 5) is 78.3. The molecule has 4 unspecified atom stereocenters. The van der Waals surface area contributed by atoms with E-state index in [4.69, 9.17) is 16.6 Å². The van der Waals surface area contributed by atoms with Gasteiger partial charge in [0, 0.05) is 24.7 Å². The fourth-order valence-electron chi connectivity index (χ4n) is 3.20. The lowest BCUT2D eigenvalue weighted by Crippen LogP contribution is -2.58. The van der Waals surface area contributed by atoms with Crippen molar-refractivity contribution in [1.82, 2.24) is 25.9 Å². The first-order chi connectivity index (χ1) is 17.4. The van der Waals surface area contributed by atoms with Crippen LogP contribution < -0.4 is 27.4 Å². The number of H-pyrrole nitrogens is 1. The van der Waals surface area contributed by atoms with Gasteiger partial charge in [0.15, 0.2) is 0 Å². The largest absolute Gasteiger partial charge is 0.481 e. The van der Waals surface area contributed by atoms with E-state index in [-0.39, 0.29) is 12.8 Å². The molecular formula is C21H33N7O9. The van der Waals surface area contributed by atoms with E-state index in [1.54, 1.807) is 0 Å². The van der Waals surface area contributed by atoms with Crippen LogP contribution >= 0.6 is 0 Å². The minimum atomic E-state index is -1.59. The van der Waals surface area contributed by atoms with Crippen LogP contribution in [-0.4, -0.2) is 91.6 Å². The molecule has 11 N–H and O–H groups in total. The average molecular weight is 528 g/mol. The van der Waals surface area contributed by atoms with E-state index < -0.39 is 79.1 Å². The monoisotopic (exact) mass is 527 g/mol. The minimum absolute atomic E-state index is 0.199. The van der Waals surface area contributed by atoms with Gasteiger partial charge in [0.05, 0.1) is 18.8 Å². The Hall–Kier alpha value is -4.05. The number of unbranched alkanes of at least 4 members (excludes halogenated alkanes) is 1.